The summed E-state index contributed by atoms with van der Waals surface area (Å²) >= 11 is 0. The molecule has 2 N–H and O–H groups in total. The molecule has 0 aromatic carbocycles. The molecule has 2 aromatic heterocycles. The molecule has 2 rings (SSSR count). The molecule has 23 heavy (non-hydrogen) atoms. The van der Waals surface area contributed by atoms with Gasteiger partial charge in [-0.2, -0.15) is 0 Å². The lowest BCUT2D eigenvalue weighted by Gasteiger charge is -2.10. The van der Waals surface area contributed by atoms with Crippen molar-refractivity contribution in [1.82, 2.24) is 14.7 Å². The first-order valence-electron chi connectivity index (χ1n) is 7.09. The van der Waals surface area contributed by atoms with Gasteiger partial charge in [-0.15, -0.1) is 0 Å². The van der Waals surface area contributed by atoms with Crippen LogP contribution >= 0.6 is 0 Å². The first-order chi connectivity index (χ1) is 10.9. The number of aromatic nitrogens is 2. The highest BCUT2D eigenvalue weighted by Crippen LogP contribution is 2.17. The lowest BCUT2D eigenvalue weighted by atomic mass is 10.2. The van der Waals surface area contributed by atoms with E-state index in [1.807, 2.05) is 0 Å². The molecule has 2 heterocycles. The highest BCUT2D eigenvalue weighted by molar-refractivity contribution is 5.77. The fraction of sp³-hybridized carbons (Fsp3) is 0.357. The second-order valence-corrected chi connectivity index (χ2v) is 5.17. The van der Waals surface area contributed by atoms with E-state index in [0.717, 1.165) is 4.40 Å². The number of pyridine rings is 1. The largest absolute Gasteiger partial charge is 0.376 e. The third-order valence-corrected chi connectivity index (χ3v) is 3.13. The Balaban J connectivity index is 2.22. The third kappa shape index (κ3) is 3.62. The number of carbonyl (C=O) groups excluding carboxylic acids is 1. The minimum Gasteiger partial charge on any atom is -0.362 e. The van der Waals surface area contributed by atoms with E-state index in [4.69, 9.17) is 0 Å². The quantitative estimate of drug-likeness (QED) is 0.461. The van der Waals surface area contributed by atoms with Crippen molar-refractivity contribution in [3.63, 3.8) is 0 Å². The van der Waals surface area contributed by atoms with Crippen molar-refractivity contribution < 1.29 is 9.72 Å². The van der Waals surface area contributed by atoms with Gasteiger partial charge in [-0.3, -0.25) is 24.1 Å². The highest BCUT2D eigenvalue weighted by Gasteiger charge is 2.23. The van der Waals surface area contributed by atoms with Crippen LogP contribution in [0.3, 0.4) is 0 Å². The maximum Gasteiger partial charge on any atom is 0.376 e. The van der Waals surface area contributed by atoms with E-state index in [2.05, 4.69) is 15.6 Å². The molecule has 0 aliphatic heterocycles. The standard InChI is InChI=1S/C14H17N5O4/c1-9(2)13(20)16-7-6-15-12-11(19(22)23)14(21)18-8-4-3-5-10(18)17-12/h3-5,8-9,15H,6-7H2,1-2H3,(H,16,20). The van der Waals surface area contributed by atoms with Gasteiger partial charge in [0.25, 0.3) is 0 Å². The average molecular weight is 319 g/mol. The smallest absolute Gasteiger partial charge is 0.362 e. The summed E-state index contributed by atoms with van der Waals surface area (Å²) in [5.41, 5.74) is -1.07. The molecule has 0 bridgehead atoms. The van der Waals surface area contributed by atoms with Crippen LogP contribution in [0.1, 0.15) is 13.8 Å². The van der Waals surface area contributed by atoms with Crippen LogP contribution in [0, 0.1) is 16.0 Å². The summed E-state index contributed by atoms with van der Waals surface area (Å²) in [6.45, 7) is 4.01. The number of rotatable bonds is 6. The molecule has 0 spiro atoms. The fourth-order valence-corrected chi connectivity index (χ4v) is 1.94. The van der Waals surface area contributed by atoms with Gasteiger partial charge in [0.1, 0.15) is 5.65 Å². The number of anilines is 1. The zero-order chi connectivity index (χ0) is 17.0. The maximum absolute atomic E-state index is 12.2. The number of nitro groups is 1. The van der Waals surface area contributed by atoms with Gasteiger partial charge < -0.3 is 10.6 Å². The van der Waals surface area contributed by atoms with Crippen molar-refractivity contribution >= 4 is 23.1 Å². The first-order valence-corrected chi connectivity index (χ1v) is 7.09. The summed E-state index contributed by atoms with van der Waals surface area (Å²) in [7, 11) is 0. The van der Waals surface area contributed by atoms with Gasteiger partial charge in [-0.05, 0) is 12.1 Å². The highest BCUT2D eigenvalue weighted by atomic mass is 16.6. The number of nitrogens with zero attached hydrogens (tertiary/aromatic N) is 3. The van der Waals surface area contributed by atoms with E-state index >= 15 is 0 Å². The van der Waals surface area contributed by atoms with Crippen molar-refractivity contribution in [1.29, 1.82) is 0 Å². The van der Waals surface area contributed by atoms with Crippen LogP contribution in [0.25, 0.3) is 5.65 Å². The molecule has 9 heteroatoms. The number of hydrogen-bond donors (Lipinski definition) is 2. The zero-order valence-corrected chi connectivity index (χ0v) is 12.8. The second kappa shape index (κ2) is 6.86. The van der Waals surface area contributed by atoms with E-state index in [-0.39, 0.29) is 30.7 Å². The molecule has 0 atom stereocenters. The SMILES string of the molecule is CC(C)C(=O)NCCNc1nc2ccccn2c(=O)c1[N+](=O)[O-]. The Kier molecular flexibility index (Phi) is 4.89. The van der Waals surface area contributed by atoms with Crippen molar-refractivity contribution in [2.24, 2.45) is 5.92 Å². The number of fused-ring (bicyclic) bond motifs is 1. The molecule has 9 nitrogen and oxygen atoms in total. The lowest BCUT2D eigenvalue weighted by Crippen LogP contribution is -2.32. The molecule has 1 amide bonds. The summed E-state index contributed by atoms with van der Waals surface area (Å²) in [6.07, 6.45) is 1.42. The summed E-state index contributed by atoms with van der Waals surface area (Å²) in [5, 5.41) is 16.6. The molecule has 122 valence electrons. The topological polar surface area (TPSA) is 119 Å². The number of carbonyl (C=O) groups is 1. The number of amides is 1. The number of hydrogen-bond acceptors (Lipinski definition) is 6. The minimum absolute atomic E-state index is 0.106. The van der Waals surface area contributed by atoms with Crippen molar-refractivity contribution in [3.8, 4) is 0 Å². The van der Waals surface area contributed by atoms with E-state index < -0.39 is 16.2 Å². The van der Waals surface area contributed by atoms with Gasteiger partial charge in [-0.1, -0.05) is 19.9 Å². The summed E-state index contributed by atoms with van der Waals surface area (Å²) < 4.78 is 1.11. The van der Waals surface area contributed by atoms with Crippen molar-refractivity contribution in [3.05, 3.63) is 44.9 Å². The Hall–Kier alpha value is -2.97. The molecule has 2 aromatic rings. The van der Waals surface area contributed by atoms with Crippen LogP contribution in [0.15, 0.2) is 29.2 Å². The van der Waals surface area contributed by atoms with Gasteiger partial charge in [0.05, 0.1) is 4.92 Å². The van der Waals surface area contributed by atoms with E-state index in [1.54, 1.807) is 32.0 Å². The van der Waals surface area contributed by atoms with Crippen LogP contribution in [-0.2, 0) is 4.79 Å². The molecule has 0 radical (unpaired) electrons. The van der Waals surface area contributed by atoms with E-state index in [1.165, 1.54) is 6.20 Å². The van der Waals surface area contributed by atoms with E-state index in [9.17, 15) is 19.7 Å². The Morgan fingerprint density at radius 1 is 1.39 bits per heavy atom. The van der Waals surface area contributed by atoms with Crippen molar-refractivity contribution in [2.75, 3.05) is 18.4 Å². The zero-order valence-electron chi connectivity index (χ0n) is 12.8. The third-order valence-electron chi connectivity index (χ3n) is 3.13. The molecule has 0 unspecified atom stereocenters. The molecule has 0 saturated heterocycles. The van der Waals surface area contributed by atoms with Gasteiger partial charge in [0.15, 0.2) is 0 Å². The maximum atomic E-state index is 12.2. The van der Waals surface area contributed by atoms with Gasteiger partial charge >= 0.3 is 11.2 Å². The Labute approximate surface area is 131 Å². The van der Waals surface area contributed by atoms with Crippen LogP contribution in [0.4, 0.5) is 11.5 Å². The fourth-order valence-electron chi connectivity index (χ4n) is 1.94. The number of nitrogens with one attached hydrogen (secondary N) is 2. The lowest BCUT2D eigenvalue weighted by molar-refractivity contribution is -0.385. The van der Waals surface area contributed by atoms with Crippen molar-refractivity contribution in [2.45, 2.75) is 13.8 Å². The first kappa shape index (κ1) is 16.4. The summed E-state index contributed by atoms with van der Waals surface area (Å²) in [6, 6.07) is 4.85. The molecule has 0 saturated carbocycles. The van der Waals surface area contributed by atoms with Crippen LogP contribution < -0.4 is 16.2 Å². The van der Waals surface area contributed by atoms with Crippen LogP contribution in [-0.4, -0.2) is 33.3 Å². The van der Waals surface area contributed by atoms with Gasteiger partial charge in [0, 0.05) is 25.2 Å². The van der Waals surface area contributed by atoms with E-state index in [0.29, 0.717) is 5.65 Å². The molecule has 0 fully saturated rings. The minimum atomic E-state index is -0.760. The molecule has 0 aliphatic carbocycles. The van der Waals surface area contributed by atoms with Gasteiger partial charge in [0.2, 0.25) is 11.7 Å². The Bertz CT molecular complexity index is 799. The molecule has 0 aliphatic rings. The monoisotopic (exact) mass is 319 g/mol. The molecular weight excluding hydrogens is 302 g/mol. The van der Waals surface area contributed by atoms with Crippen LogP contribution in [0.5, 0.6) is 0 Å². The average Bonchev–Trinajstić information content (AvgIpc) is 2.51. The van der Waals surface area contributed by atoms with Crippen LogP contribution in [0.2, 0.25) is 0 Å². The summed E-state index contributed by atoms with van der Waals surface area (Å²) in [5.74, 6) is -0.370. The van der Waals surface area contributed by atoms with Gasteiger partial charge in [-0.25, -0.2) is 4.98 Å². The predicted molar refractivity (Wildman–Crippen MR) is 84.5 cm³/mol. The predicted octanol–water partition coefficient (Wildman–Crippen LogP) is 0.787. The normalized spacial score (nSPS) is 10.7. The summed E-state index contributed by atoms with van der Waals surface area (Å²) in [4.78, 5) is 38.1. The molecular formula is C14H17N5O4. The Morgan fingerprint density at radius 3 is 2.78 bits per heavy atom. The Morgan fingerprint density at radius 2 is 2.13 bits per heavy atom. The second-order valence-electron chi connectivity index (χ2n) is 5.17.